The fourth-order valence-electron chi connectivity index (χ4n) is 8.50. The Kier molecular flexibility index (Phi) is 27.4. The van der Waals surface area contributed by atoms with Gasteiger partial charge < -0.3 is 35.6 Å². The third kappa shape index (κ3) is 21.2. The van der Waals surface area contributed by atoms with E-state index in [1.807, 2.05) is 79.5 Å². The molecule has 0 aliphatic rings. The summed E-state index contributed by atoms with van der Waals surface area (Å²) in [5.74, 6) is -0.548. The van der Waals surface area contributed by atoms with Crippen molar-refractivity contribution in [2.75, 3.05) is 38.5 Å². The molecule has 5 N–H and O–H groups in total. The Morgan fingerprint density at radius 3 is 1.96 bits per heavy atom. The van der Waals surface area contributed by atoms with Gasteiger partial charge in [0.1, 0.15) is 0 Å². The number of nitrogens with zero attached hydrogens (tertiary/aromatic N) is 2. The lowest BCUT2D eigenvalue weighted by Gasteiger charge is -2.21. The zero-order valence-corrected chi connectivity index (χ0v) is 41.8. The van der Waals surface area contributed by atoms with Gasteiger partial charge in [-0.3, -0.25) is 14.4 Å². The molecular weight excluding hydrogens is 835 g/mol. The molecule has 2 atom stereocenters. The average molecular weight is 920 g/mol. The molecule has 2 unspecified atom stereocenters. The van der Waals surface area contributed by atoms with Crippen LogP contribution in [0.5, 0.6) is 0 Å². The molecule has 0 aliphatic carbocycles. The third-order valence-electron chi connectivity index (χ3n) is 12.2. The number of para-hydroxylation sites is 1. The van der Waals surface area contributed by atoms with Gasteiger partial charge in [0.25, 0.3) is 5.91 Å². The summed E-state index contributed by atoms with van der Waals surface area (Å²) >= 11 is 0. The number of allylic oxidation sites excluding steroid dienone is 6. The van der Waals surface area contributed by atoms with Crippen molar-refractivity contribution in [3.05, 3.63) is 121 Å². The fourth-order valence-corrected chi connectivity index (χ4v) is 8.50. The number of hydrogen-bond acceptors (Lipinski definition) is 6. The van der Waals surface area contributed by atoms with Crippen LogP contribution in [0.1, 0.15) is 163 Å². The van der Waals surface area contributed by atoms with Crippen LogP contribution >= 0.6 is 0 Å². The Labute approximate surface area is 404 Å². The van der Waals surface area contributed by atoms with Crippen LogP contribution < -0.4 is 16.0 Å². The van der Waals surface area contributed by atoms with Crippen molar-refractivity contribution in [3.8, 4) is 11.3 Å². The number of carbonyl (C=O) groups excluding carboxylic acids is 3. The number of aliphatic hydroxyl groups excluding tert-OH is 2. The number of aliphatic hydroxyl groups is 2. The average Bonchev–Trinajstić information content (AvgIpc) is 3.64. The first-order valence-electron chi connectivity index (χ1n) is 25.3. The normalized spacial score (nSPS) is 12.7. The molecule has 1 heterocycles. The summed E-state index contributed by atoms with van der Waals surface area (Å²) in [6.45, 7) is 19.0. The second kappa shape index (κ2) is 32.6. The third-order valence-corrected chi connectivity index (χ3v) is 12.2. The number of carbonyl (C=O) groups is 3. The van der Waals surface area contributed by atoms with E-state index in [9.17, 15) is 24.6 Å². The summed E-state index contributed by atoms with van der Waals surface area (Å²) in [7, 11) is 1.95. The van der Waals surface area contributed by atoms with E-state index >= 15 is 0 Å². The molecule has 3 rings (SSSR count). The van der Waals surface area contributed by atoms with E-state index in [4.69, 9.17) is 0 Å². The molecule has 368 valence electrons. The molecule has 3 amide bonds. The smallest absolute Gasteiger partial charge is 0.258 e. The van der Waals surface area contributed by atoms with Crippen LogP contribution in [0.3, 0.4) is 0 Å². The predicted molar refractivity (Wildman–Crippen MR) is 280 cm³/mol. The highest BCUT2D eigenvalue weighted by molar-refractivity contribution is 6.11. The number of unbranched alkanes of at least 4 members (excludes halogenated alkanes) is 11. The number of amides is 3. The van der Waals surface area contributed by atoms with Gasteiger partial charge in [0, 0.05) is 56.1 Å². The summed E-state index contributed by atoms with van der Waals surface area (Å²) in [5, 5.41) is 31.2. The minimum Gasteiger partial charge on any atom is -0.393 e. The highest BCUT2D eigenvalue weighted by Crippen LogP contribution is 2.41. The largest absolute Gasteiger partial charge is 0.393 e. The lowest BCUT2D eigenvalue weighted by atomic mass is 9.93. The van der Waals surface area contributed by atoms with Gasteiger partial charge >= 0.3 is 0 Å². The van der Waals surface area contributed by atoms with Gasteiger partial charge in [0.05, 0.1) is 29.9 Å². The Balaban J connectivity index is 1.45. The monoisotopic (exact) mass is 920 g/mol. The van der Waals surface area contributed by atoms with Gasteiger partial charge in [0.2, 0.25) is 11.8 Å². The van der Waals surface area contributed by atoms with E-state index in [2.05, 4.69) is 66.6 Å². The maximum Gasteiger partial charge on any atom is 0.258 e. The van der Waals surface area contributed by atoms with Gasteiger partial charge in [0.15, 0.2) is 0 Å². The highest BCUT2D eigenvalue weighted by Gasteiger charge is 2.31. The van der Waals surface area contributed by atoms with Crippen molar-refractivity contribution in [1.29, 1.82) is 0 Å². The molecule has 0 saturated heterocycles. The molecule has 0 fully saturated rings. The minimum absolute atomic E-state index is 0.0185. The van der Waals surface area contributed by atoms with E-state index in [0.717, 1.165) is 52.9 Å². The van der Waals surface area contributed by atoms with Gasteiger partial charge in [-0.25, -0.2) is 0 Å². The minimum atomic E-state index is -1.04. The molecule has 0 spiro atoms. The van der Waals surface area contributed by atoms with E-state index in [1.54, 1.807) is 12.2 Å². The van der Waals surface area contributed by atoms with Crippen molar-refractivity contribution in [2.24, 2.45) is 0 Å². The summed E-state index contributed by atoms with van der Waals surface area (Å²) in [6.07, 6.45) is 24.7. The zero-order valence-electron chi connectivity index (χ0n) is 41.8. The summed E-state index contributed by atoms with van der Waals surface area (Å²) < 4.78 is 2.12. The molecule has 3 aromatic rings. The number of rotatable bonds is 35. The van der Waals surface area contributed by atoms with E-state index in [0.29, 0.717) is 50.4 Å². The van der Waals surface area contributed by atoms with Crippen LogP contribution in [0, 0.1) is 6.92 Å². The molecule has 10 heteroatoms. The highest BCUT2D eigenvalue weighted by atomic mass is 16.3. The van der Waals surface area contributed by atoms with Crippen molar-refractivity contribution >= 4 is 29.0 Å². The first-order valence-corrected chi connectivity index (χ1v) is 25.3. The zero-order chi connectivity index (χ0) is 48.8. The molecule has 2 aromatic carbocycles. The number of nitrogens with one attached hydrogen (secondary N) is 3. The first kappa shape index (κ1) is 56.3. The van der Waals surface area contributed by atoms with Crippen LogP contribution in [0.25, 0.3) is 16.8 Å². The van der Waals surface area contributed by atoms with Crippen LogP contribution in [-0.4, -0.2) is 82.8 Å². The van der Waals surface area contributed by atoms with E-state index in [-0.39, 0.29) is 42.9 Å². The maximum atomic E-state index is 14.4. The van der Waals surface area contributed by atoms with Crippen LogP contribution in [0.2, 0.25) is 0 Å². The van der Waals surface area contributed by atoms with E-state index in [1.165, 1.54) is 64.2 Å². The lowest BCUT2D eigenvalue weighted by molar-refractivity contribution is -0.123. The summed E-state index contributed by atoms with van der Waals surface area (Å²) in [4.78, 5) is 41.6. The number of aryl methyl sites for hydroxylation is 1. The Morgan fingerprint density at radius 1 is 0.761 bits per heavy atom. The van der Waals surface area contributed by atoms with Crippen molar-refractivity contribution in [1.82, 2.24) is 20.1 Å². The molecule has 0 radical (unpaired) electrons. The van der Waals surface area contributed by atoms with Crippen molar-refractivity contribution in [2.45, 2.75) is 162 Å². The number of aromatic nitrogens is 1. The quantitative estimate of drug-likeness (QED) is 0.0226. The van der Waals surface area contributed by atoms with Crippen molar-refractivity contribution in [3.63, 3.8) is 0 Å². The van der Waals surface area contributed by atoms with Crippen LogP contribution in [0.4, 0.5) is 5.69 Å². The van der Waals surface area contributed by atoms with Gasteiger partial charge in [-0.1, -0.05) is 164 Å². The van der Waals surface area contributed by atoms with Crippen LogP contribution in [-0.2, 0) is 16.1 Å². The SMILES string of the molecule is C=CC=C(C=C)c1c(C(=O)Nc2ccccc2)c(C(C)C)n(CCC(O)CC(O)CC(=O)NCCN(C)CCNC(=O)CCCCCCCC=CCCCCCCCC)c1-c1ccc(C)cc1. The van der Waals surface area contributed by atoms with Crippen molar-refractivity contribution < 1.29 is 24.6 Å². The summed E-state index contributed by atoms with van der Waals surface area (Å²) in [6, 6.07) is 17.5. The number of anilines is 1. The van der Waals surface area contributed by atoms with Crippen LogP contribution in [0.15, 0.2) is 98.1 Å². The Hall–Kier alpha value is -5.03. The Bertz CT molecular complexity index is 1980. The number of hydrogen-bond donors (Lipinski definition) is 5. The molecule has 0 saturated carbocycles. The molecule has 0 aliphatic heterocycles. The van der Waals surface area contributed by atoms with Gasteiger partial charge in [-0.2, -0.15) is 0 Å². The molecule has 10 nitrogen and oxygen atoms in total. The Morgan fingerprint density at radius 2 is 1.36 bits per heavy atom. The molecule has 67 heavy (non-hydrogen) atoms. The standard InChI is InChI=1S/C57H85N5O5/c1-8-11-12-13-14-15-16-17-18-19-20-21-22-23-27-31-51(65)58-37-40-61(7)41-38-59-52(66)43-50(64)42-49(63)36-39-62-55(44(4)5)54(57(67)60-48-29-25-24-26-30-48)53(46(10-3)28-9-2)56(62)47-34-32-45(6)33-35-47/h9-10,17-18,24-26,28-30,32-35,44,49-50,63-64H,2-3,8,11-16,19-23,27,31,36-43H2,1,4-7H3,(H,58,65)(H,59,66)(H,60,67). The lowest BCUT2D eigenvalue weighted by Crippen LogP contribution is -2.38. The predicted octanol–water partition coefficient (Wildman–Crippen LogP) is 11.7. The summed E-state index contributed by atoms with van der Waals surface area (Å²) in [5.41, 5.74) is 6.29. The number of likely N-dealkylation sites (N-methyl/N-ethyl adjacent to an activating group) is 1. The van der Waals surface area contributed by atoms with E-state index < -0.39 is 12.2 Å². The second-order valence-corrected chi connectivity index (χ2v) is 18.4. The topological polar surface area (TPSA) is 136 Å². The molecule has 1 aromatic heterocycles. The molecule has 0 bridgehead atoms. The fraction of sp³-hybridized carbons (Fsp3) is 0.526. The number of benzene rings is 2. The molecular formula is C57H85N5O5. The first-order chi connectivity index (χ1) is 32.4. The van der Waals surface area contributed by atoms with Gasteiger partial charge in [-0.05, 0) is 88.1 Å². The maximum absolute atomic E-state index is 14.4. The van der Waals surface area contributed by atoms with Gasteiger partial charge in [-0.15, -0.1) is 0 Å². The second-order valence-electron chi connectivity index (χ2n) is 18.4.